The molecule has 0 saturated heterocycles. The summed E-state index contributed by atoms with van der Waals surface area (Å²) in [5, 5.41) is 4.53. The summed E-state index contributed by atoms with van der Waals surface area (Å²) in [5.41, 5.74) is 8.36. The zero-order chi connectivity index (χ0) is 27.7. The Labute approximate surface area is 247 Å². The van der Waals surface area contributed by atoms with Gasteiger partial charge in [-0.15, -0.1) is 0 Å². The smallest absolute Gasteiger partial charge is 0.123 e. The summed E-state index contributed by atoms with van der Waals surface area (Å²) in [4.78, 5) is 0. The molecule has 2 aromatic heterocycles. The molecule has 0 bridgehead atoms. The highest BCUT2D eigenvalue weighted by Crippen LogP contribution is 2.51. The molecule has 0 N–H and O–H groups in total. The van der Waals surface area contributed by atoms with E-state index in [1.165, 1.54) is 24.3 Å². The predicted molar refractivity (Wildman–Crippen MR) is 170 cm³/mol. The van der Waals surface area contributed by atoms with Gasteiger partial charge in [0.1, 0.15) is 11.6 Å². The van der Waals surface area contributed by atoms with E-state index in [4.69, 9.17) is 0 Å². The first-order valence-electron chi connectivity index (χ1n) is 13.3. The van der Waals surface area contributed by atoms with Gasteiger partial charge in [-0.2, -0.15) is 0 Å². The highest BCUT2D eigenvalue weighted by atomic mass is 79.9. The second-order valence-corrected chi connectivity index (χ2v) is 11.9. The lowest BCUT2D eigenvalue weighted by molar-refractivity contribution is 0.627. The molecule has 0 aliphatic heterocycles. The summed E-state index contributed by atoms with van der Waals surface area (Å²) in [7, 11) is 0. The average molecular weight is 658 g/mol. The van der Waals surface area contributed by atoms with E-state index < -0.39 is 0 Å². The molecule has 198 valence electrons. The Morgan fingerprint density at radius 2 is 1.00 bits per heavy atom. The maximum Gasteiger partial charge on any atom is 0.123 e. The summed E-state index contributed by atoms with van der Waals surface area (Å²) in [5.74, 6) is -0.563. The van der Waals surface area contributed by atoms with Crippen molar-refractivity contribution in [2.45, 2.75) is 26.9 Å². The Morgan fingerprint density at radius 3 is 1.50 bits per heavy atom. The number of nitrogens with zero attached hydrogens (tertiary/aromatic N) is 2. The van der Waals surface area contributed by atoms with Crippen molar-refractivity contribution in [1.82, 2.24) is 9.13 Å². The minimum absolute atomic E-state index is 0.282. The molecule has 0 amide bonds. The van der Waals surface area contributed by atoms with Gasteiger partial charge in [0.25, 0.3) is 0 Å². The van der Waals surface area contributed by atoms with Crippen LogP contribution in [0.1, 0.15) is 13.8 Å². The monoisotopic (exact) mass is 656 g/mol. The highest BCUT2D eigenvalue weighted by Gasteiger charge is 2.27. The lowest BCUT2D eigenvalue weighted by Gasteiger charge is -2.18. The fraction of sp³-hybridized carbons (Fsp3) is 0.118. The van der Waals surface area contributed by atoms with Gasteiger partial charge in [-0.05, 0) is 85.6 Å². The first-order chi connectivity index (χ1) is 19.4. The van der Waals surface area contributed by atoms with Crippen molar-refractivity contribution in [3.8, 4) is 22.3 Å². The third kappa shape index (κ3) is 3.69. The van der Waals surface area contributed by atoms with E-state index in [0.29, 0.717) is 0 Å². The predicted octanol–water partition coefficient (Wildman–Crippen LogP) is 11.1. The fourth-order valence-electron chi connectivity index (χ4n) is 6.37. The van der Waals surface area contributed by atoms with Gasteiger partial charge in [-0.1, -0.05) is 56.1 Å². The Hall–Kier alpha value is -3.48. The number of hydrogen-bond donors (Lipinski definition) is 0. The molecule has 2 nitrogen and oxygen atoms in total. The number of aromatic nitrogens is 2. The minimum Gasteiger partial charge on any atom is -0.340 e. The molecule has 7 aromatic rings. The van der Waals surface area contributed by atoms with E-state index in [-0.39, 0.29) is 11.6 Å². The Morgan fingerprint density at radius 1 is 0.550 bits per heavy atom. The van der Waals surface area contributed by atoms with Crippen LogP contribution in [-0.4, -0.2) is 9.13 Å². The fourth-order valence-corrected chi connectivity index (χ4v) is 7.09. The number of fused-ring (bicyclic) bond motifs is 7. The van der Waals surface area contributed by atoms with Crippen LogP contribution in [0.4, 0.5) is 8.78 Å². The summed E-state index contributed by atoms with van der Waals surface area (Å²) in [6, 6.07) is 26.3. The van der Waals surface area contributed by atoms with Crippen LogP contribution in [0.5, 0.6) is 0 Å². The van der Waals surface area contributed by atoms with E-state index in [9.17, 15) is 8.78 Å². The van der Waals surface area contributed by atoms with Gasteiger partial charge in [-0.25, -0.2) is 8.78 Å². The molecule has 0 spiro atoms. The number of aryl methyl sites for hydroxylation is 2. The summed E-state index contributed by atoms with van der Waals surface area (Å²) < 4.78 is 35.2. The topological polar surface area (TPSA) is 9.86 Å². The molecular weight excluding hydrogens is 634 g/mol. The Kier molecular flexibility index (Phi) is 6.09. The lowest BCUT2D eigenvalue weighted by atomic mass is 9.88. The summed E-state index contributed by atoms with van der Waals surface area (Å²) in [6.45, 7) is 5.86. The molecule has 0 fully saturated rings. The molecule has 40 heavy (non-hydrogen) atoms. The van der Waals surface area contributed by atoms with Crippen LogP contribution in [-0.2, 0) is 13.1 Å². The van der Waals surface area contributed by atoms with Gasteiger partial charge < -0.3 is 9.13 Å². The van der Waals surface area contributed by atoms with Crippen molar-refractivity contribution in [1.29, 1.82) is 0 Å². The largest absolute Gasteiger partial charge is 0.340 e. The van der Waals surface area contributed by atoms with Crippen LogP contribution in [0, 0.1) is 11.6 Å². The molecule has 5 aromatic carbocycles. The Balaban J connectivity index is 1.89. The Bertz CT molecular complexity index is 2100. The maximum atomic E-state index is 14.2. The van der Waals surface area contributed by atoms with Gasteiger partial charge in [0.2, 0.25) is 0 Å². The summed E-state index contributed by atoms with van der Waals surface area (Å²) >= 11 is 7.44. The normalized spacial score (nSPS) is 11.9. The molecule has 0 radical (unpaired) electrons. The van der Waals surface area contributed by atoms with E-state index in [1.807, 2.05) is 24.3 Å². The number of rotatable bonds is 4. The zero-order valence-electron chi connectivity index (χ0n) is 21.9. The van der Waals surface area contributed by atoms with Crippen LogP contribution in [0.15, 0.2) is 93.9 Å². The molecule has 0 atom stereocenters. The van der Waals surface area contributed by atoms with E-state index >= 15 is 0 Å². The SMILES string of the molecule is CCn1c2ccc(Br)cc2c2c1c(-c1ccc(F)cc1)c(-c1ccc(F)cc1)c1c3cc(Br)ccc3n(CC)c12. The van der Waals surface area contributed by atoms with E-state index in [2.05, 4.69) is 91.2 Å². The minimum atomic E-state index is -0.282. The maximum absolute atomic E-state index is 14.2. The van der Waals surface area contributed by atoms with Crippen molar-refractivity contribution in [3.63, 3.8) is 0 Å². The first-order valence-corrected chi connectivity index (χ1v) is 14.9. The number of halogens is 4. The molecule has 0 saturated carbocycles. The molecule has 0 aliphatic rings. The molecule has 2 heterocycles. The average Bonchev–Trinajstić information content (AvgIpc) is 3.44. The molecular formula is C34H24Br2F2N2. The quantitative estimate of drug-likeness (QED) is 0.178. The standard InChI is InChI=1S/C34H24Br2F2N2/c1-3-39-28-16-10-22(36)18-26(28)32-33(39)30(20-7-13-24(38)14-8-20)29(19-5-11-23(37)12-6-19)31-25-17-21(35)9-15-27(25)40(4-2)34(31)32/h5-18H,3-4H2,1-2H3. The zero-order valence-corrected chi connectivity index (χ0v) is 25.1. The van der Waals surface area contributed by atoms with Crippen molar-refractivity contribution in [3.05, 3.63) is 106 Å². The van der Waals surface area contributed by atoms with Crippen LogP contribution >= 0.6 is 31.9 Å². The summed E-state index contributed by atoms with van der Waals surface area (Å²) in [6.07, 6.45) is 0. The van der Waals surface area contributed by atoms with Gasteiger partial charge in [-0.3, -0.25) is 0 Å². The second kappa shape index (κ2) is 9.57. The van der Waals surface area contributed by atoms with Crippen LogP contribution in [0.2, 0.25) is 0 Å². The van der Waals surface area contributed by atoms with E-state index in [1.54, 1.807) is 0 Å². The third-order valence-electron chi connectivity index (χ3n) is 7.92. The van der Waals surface area contributed by atoms with E-state index in [0.717, 1.165) is 87.9 Å². The van der Waals surface area contributed by atoms with Crippen molar-refractivity contribution < 1.29 is 8.78 Å². The van der Waals surface area contributed by atoms with Gasteiger partial charge in [0.15, 0.2) is 0 Å². The first kappa shape index (κ1) is 25.5. The van der Waals surface area contributed by atoms with Gasteiger partial charge in [0.05, 0.1) is 11.0 Å². The second-order valence-electron chi connectivity index (χ2n) is 10.0. The van der Waals surface area contributed by atoms with Crippen LogP contribution < -0.4 is 0 Å². The van der Waals surface area contributed by atoms with Crippen LogP contribution in [0.3, 0.4) is 0 Å². The molecule has 0 aliphatic carbocycles. The van der Waals surface area contributed by atoms with Gasteiger partial charge in [0, 0.05) is 65.7 Å². The molecule has 6 heteroatoms. The van der Waals surface area contributed by atoms with Crippen molar-refractivity contribution >= 4 is 75.5 Å². The number of hydrogen-bond acceptors (Lipinski definition) is 0. The molecule has 7 rings (SSSR count). The van der Waals surface area contributed by atoms with Crippen molar-refractivity contribution in [2.75, 3.05) is 0 Å². The van der Waals surface area contributed by atoms with Crippen molar-refractivity contribution in [2.24, 2.45) is 0 Å². The third-order valence-corrected chi connectivity index (χ3v) is 8.91. The molecule has 0 unspecified atom stereocenters. The van der Waals surface area contributed by atoms with Gasteiger partial charge >= 0.3 is 0 Å². The number of benzene rings is 5. The van der Waals surface area contributed by atoms with Crippen LogP contribution in [0.25, 0.3) is 65.9 Å². The lowest BCUT2D eigenvalue weighted by Crippen LogP contribution is -1.99. The highest BCUT2D eigenvalue weighted by molar-refractivity contribution is 9.10.